The molecule has 2 aromatic rings. The maximum Gasteiger partial charge on any atom is 0.242 e. The Kier molecular flexibility index (Phi) is 7.76. The van der Waals surface area contributed by atoms with E-state index in [9.17, 15) is 9.59 Å². The molecular formula is C23H24ClN3O3S. The lowest BCUT2D eigenvalue weighted by molar-refractivity contribution is -0.127. The highest BCUT2D eigenvalue weighted by Crippen LogP contribution is 2.32. The van der Waals surface area contributed by atoms with Crippen LogP contribution in [-0.4, -0.2) is 40.3 Å². The maximum atomic E-state index is 12.9. The highest BCUT2D eigenvalue weighted by molar-refractivity contribution is 8.15. The summed E-state index contributed by atoms with van der Waals surface area (Å²) in [7, 11) is 0. The van der Waals surface area contributed by atoms with Crippen molar-refractivity contribution in [3.05, 3.63) is 65.7 Å². The summed E-state index contributed by atoms with van der Waals surface area (Å²) in [5.41, 5.74) is 2.23. The number of carbonyl (C=O) groups is 2. The molecule has 0 saturated carbocycles. The molecule has 0 unspecified atom stereocenters. The zero-order valence-electron chi connectivity index (χ0n) is 17.4. The average Bonchev–Trinajstić information content (AvgIpc) is 3.01. The number of anilines is 1. The van der Waals surface area contributed by atoms with Crippen LogP contribution in [0.5, 0.6) is 5.75 Å². The van der Waals surface area contributed by atoms with E-state index in [-0.39, 0.29) is 18.2 Å². The monoisotopic (exact) mass is 457 g/mol. The van der Waals surface area contributed by atoms with E-state index in [1.165, 1.54) is 11.8 Å². The predicted molar refractivity (Wildman–Crippen MR) is 127 cm³/mol. The average molecular weight is 458 g/mol. The van der Waals surface area contributed by atoms with Gasteiger partial charge in [-0.25, -0.2) is 4.99 Å². The molecule has 1 aliphatic heterocycles. The number of benzene rings is 2. The Morgan fingerprint density at radius 2 is 2.06 bits per heavy atom. The number of hydrogen-bond acceptors (Lipinski definition) is 5. The summed E-state index contributed by atoms with van der Waals surface area (Å²) in [5.74, 6) is 0.341. The lowest BCUT2D eigenvalue weighted by Crippen LogP contribution is -2.33. The highest BCUT2D eigenvalue weighted by Gasteiger charge is 2.38. The van der Waals surface area contributed by atoms with Crippen molar-refractivity contribution in [1.29, 1.82) is 0 Å². The van der Waals surface area contributed by atoms with Crippen LogP contribution in [0.3, 0.4) is 0 Å². The fourth-order valence-corrected chi connectivity index (χ4v) is 4.31. The van der Waals surface area contributed by atoms with Crippen LogP contribution in [0.25, 0.3) is 0 Å². The zero-order chi connectivity index (χ0) is 22.4. The van der Waals surface area contributed by atoms with Gasteiger partial charge < -0.3 is 10.1 Å². The number of ether oxygens (including phenoxy) is 1. The van der Waals surface area contributed by atoms with Gasteiger partial charge >= 0.3 is 0 Å². The molecular weight excluding hydrogens is 434 g/mol. The van der Waals surface area contributed by atoms with Gasteiger partial charge in [-0.1, -0.05) is 35.5 Å². The van der Waals surface area contributed by atoms with E-state index in [0.717, 1.165) is 11.3 Å². The number of carbonyl (C=O) groups excluding carboxylic acids is 2. The lowest BCUT2D eigenvalue weighted by Gasteiger charge is -2.14. The van der Waals surface area contributed by atoms with Crippen molar-refractivity contribution in [2.75, 3.05) is 18.5 Å². The molecule has 1 heterocycles. The number of thioether (sulfide) groups is 1. The Bertz CT molecular complexity index is 1010. The minimum Gasteiger partial charge on any atom is -0.494 e. The van der Waals surface area contributed by atoms with Gasteiger partial charge in [-0.3, -0.25) is 14.5 Å². The number of rotatable bonds is 8. The molecule has 2 amide bonds. The van der Waals surface area contributed by atoms with Crippen LogP contribution in [0, 0.1) is 6.92 Å². The van der Waals surface area contributed by atoms with Crippen LogP contribution in [0.2, 0.25) is 5.02 Å². The van der Waals surface area contributed by atoms with Crippen LogP contribution >= 0.6 is 23.4 Å². The first kappa shape index (κ1) is 22.9. The van der Waals surface area contributed by atoms with Gasteiger partial charge in [0.25, 0.3) is 0 Å². The van der Waals surface area contributed by atoms with E-state index in [1.54, 1.807) is 23.1 Å². The second-order valence-corrected chi connectivity index (χ2v) is 8.46. The third-order valence-corrected chi connectivity index (χ3v) is 6.11. The summed E-state index contributed by atoms with van der Waals surface area (Å²) in [5, 5.41) is 3.37. The van der Waals surface area contributed by atoms with Gasteiger partial charge in [0.05, 0.1) is 12.3 Å². The molecule has 0 aromatic heterocycles. The quantitative estimate of drug-likeness (QED) is 0.553. The largest absolute Gasteiger partial charge is 0.494 e. The molecule has 0 bridgehead atoms. The Balaban J connectivity index is 1.71. The van der Waals surface area contributed by atoms with Crippen LogP contribution in [-0.2, 0) is 9.59 Å². The summed E-state index contributed by atoms with van der Waals surface area (Å²) in [6.07, 6.45) is 1.67. The molecule has 2 aromatic carbocycles. The minimum atomic E-state index is -0.553. The van der Waals surface area contributed by atoms with Crippen LogP contribution in [0.15, 0.2) is 60.1 Å². The third-order valence-electron chi connectivity index (χ3n) is 4.53. The lowest BCUT2D eigenvalue weighted by atomic mass is 10.2. The summed E-state index contributed by atoms with van der Waals surface area (Å²) >= 11 is 7.40. The van der Waals surface area contributed by atoms with E-state index < -0.39 is 5.25 Å². The molecule has 162 valence electrons. The second kappa shape index (κ2) is 10.5. The molecule has 31 heavy (non-hydrogen) atoms. The molecule has 0 spiro atoms. The second-order valence-electron chi connectivity index (χ2n) is 6.88. The van der Waals surface area contributed by atoms with Gasteiger partial charge in [0.1, 0.15) is 11.0 Å². The number of nitrogens with zero attached hydrogens (tertiary/aromatic N) is 2. The standard InChI is InChI=1S/C23H24ClN3O3S/c1-4-12-27-22(29)20(14-21(28)25-17-7-6-15(3)19(24)13-17)31-23(27)26-16-8-10-18(11-9-16)30-5-2/h4,6-11,13,20H,1,5,12,14H2,2-3H3,(H,25,28)/t20-/m0/s1. The van der Waals surface area contributed by atoms with Crippen molar-refractivity contribution in [1.82, 2.24) is 4.90 Å². The zero-order valence-corrected chi connectivity index (χ0v) is 19.0. The molecule has 1 atom stereocenters. The first-order valence-electron chi connectivity index (χ1n) is 9.87. The number of aliphatic imine (C=N–C) groups is 1. The number of hydrogen-bond donors (Lipinski definition) is 1. The van der Waals surface area contributed by atoms with Gasteiger partial charge in [0.15, 0.2) is 5.17 Å². The summed E-state index contributed by atoms with van der Waals surface area (Å²) in [6.45, 7) is 8.45. The first-order chi connectivity index (χ1) is 14.9. The number of aryl methyl sites for hydroxylation is 1. The third kappa shape index (κ3) is 5.89. The molecule has 6 nitrogen and oxygen atoms in total. The van der Waals surface area contributed by atoms with E-state index in [2.05, 4.69) is 16.9 Å². The number of halogens is 1. The highest BCUT2D eigenvalue weighted by atomic mass is 35.5. The van der Waals surface area contributed by atoms with Gasteiger partial charge in [0.2, 0.25) is 11.8 Å². The van der Waals surface area contributed by atoms with Crippen LogP contribution in [0.1, 0.15) is 18.9 Å². The van der Waals surface area contributed by atoms with E-state index in [1.807, 2.05) is 44.2 Å². The van der Waals surface area contributed by atoms with E-state index in [4.69, 9.17) is 16.3 Å². The summed E-state index contributed by atoms with van der Waals surface area (Å²) in [4.78, 5) is 31.6. The van der Waals surface area contributed by atoms with E-state index >= 15 is 0 Å². The Labute approximate surface area is 191 Å². The predicted octanol–water partition coefficient (Wildman–Crippen LogP) is 5.19. The van der Waals surface area contributed by atoms with Crippen molar-refractivity contribution < 1.29 is 14.3 Å². The topological polar surface area (TPSA) is 71.0 Å². The molecule has 8 heteroatoms. The number of nitrogens with one attached hydrogen (secondary N) is 1. The van der Waals surface area contributed by atoms with Crippen molar-refractivity contribution in [3.8, 4) is 5.75 Å². The Morgan fingerprint density at radius 3 is 2.71 bits per heavy atom. The molecule has 1 fully saturated rings. The fraction of sp³-hybridized carbons (Fsp3) is 0.261. The van der Waals surface area contributed by atoms with E-state index in [0.29, 0.717) is 34.7 Å². The number of amides is 2. The normalized spacial score (nSPS) is 17.1. The SMILES string of the molecule is C=CCN1C(=O)[C@H](CC(=O)Nc2ccc(C)c(Cl)c2)SC1=Nc1ccc(OCC)cc1. The van der Waals surface area contributed by atoms with Crippen molar-refractivity contribution in [2.45, 2.75) is 25.5 Å². The molecule has 3 rings (SSSR count). The molecule has 1 N–H and O–H groups in total. The van der Waals surface area contributed by atoms with Gasteiger partial charge in [-0.15, -0.1) is 6.58 Å². The van der Waals surface area contributed by atoms with Crippen molar-refractivity contribution in [2.24, 2.45) is 4.99 Å². The van der Waals surface area contributed by atoms with Crippen molar-refractivity contribution in [3.63, 3.8) is 0 Å². The summed E-state index contributed by atoms with van der Waals surface area (Å²) in [6, 6.07) is 12.6. The van der Waals surface area contributed by atoms with Crippen molar-refractivity contribution >= 4 is 51.7 Å². The Hall–Kier alpha value is -2.77. The van der Waals surface area contributed by atoms with Gasteiger partial charge in [-0.05, 0) is 55.8 Å². The molecule has 1 aliphatic rings. The maximum absolute atomic E-state index is 12.9. The Morgan fingerprint density at radius 1 is 1.32 bits per heavy atom. The molecule has 0 aliphatic carbocycles. The first-order valence-corrected chi connectivity index (χ1v) is 11.1. The van der Waals surface area contributed by atoms with Crippen LogP contribution < -0.4 is 10.1 Å². The molecule has 1 saturated heterocycles. The molecule has 0 radical (unpaired) electrons. The van der Waals surface area contributed by atoms with Crippen LogP contribution in [0.4, 0.5) is 11.4 Å². The minimum absolute atomic E-state index is 0.0327. The smallest absolute Gasteiger partial charge is 0.242 e. The van der Waals surface area contributed by atoms with Gasteiger partial charge in [0, 0.05) is 23.7 Å². The fourth-order valence-electron chi connectivity index (χ4n) is 2.97. The summed E-state index contributed by atoms with van der Waals surface area (Å²) < 4.78 is 5.45. The number of amidine groups is 1. The van der Waals surface area contributed by atoms with Gasteiger partial charge in [-0.2, -0.15) is 0 Å².